The SMILES string of the molecule is C=CCN(c1ccc(Cl)cc1)S(=O)(=O)c1ccc2c(c1)OCCO2. The zero-order chi connectivity index (χ0) is 17.2. The van der Waals surface area contributed by atoms with Crippen molar-refractivity contribution < 1.29 is 17.9 Å². The average molecular weight is 366 g/mol. The van der Waals surface area contributed by atoms with Crippen molar-refractivity contribution in [3.8, 4) is 11.5 Å². The molecule has 5 nitrogen and oxygen atoms in total. The molecule has 24 heavy (non-hydrogen) atoms. The van der Waals surface area contributed by atoms with Crippen molar-refractivity contribution in [2.75, 3.05) is 24.1 Å². The summed E-state index contributed by atoms with van der Waals surface area (Å²) < 4.78 is 38.3. The fourth-order valence-electron chi connectivity index (χ4n) is 2.38. The fourth-order valence-corrected chi connectivity index (χ4v) is 3.96. The minimum Gasteiger partial charge on any atom is -0.486 e. The van der Waals surface area contributed by atoms with E-state index in [0.29, 0.717) is 35.4 Å². The molecule has 3 rings (SSSR count). The number of sulfonamides is 1. The van der Waals surface area contributed by atoms with Gasteiger partial charge in [0.15, 0.2) is 11.5 Å². The Kier molecular flexibility index (Phi) is 4.69. The van der Waals surface area contributed by atoms with Crippen LogP contribution in [0.4, 0.5) is 5.69 Å². The number of hydrogen-bond donors (Lipinski definition) is 0. The Morgan fingerprint density at radius 1 is 1.08 bits per heavy atom. The van der Waals surface area contributed by atoms with Gasteiger partial charge in [0.2, 0.25) is 0 Å². The molecule has 0 spiro atoms. The summed E-state index contributed by atoms with van der Waals surface area (Å²) in [6.07, 6.45) is 1.53. The zero-order valence-corrected chi connectivity index (χ0v) is 14.4. The van der Waals surface area contributed by atoms with Gasteiger partial charge in [-0.2, -0.15) is 0 Å². The van der Waals surface area contributed by atoms with Crippen LogP contribution < -0.4 is 13.8 Å². The second-order valence-electron chi connectivity index (χ2n) is 5.11. The van der Waals surface area contributed by atoms with Crippen LogP contribution in [0.15, 0.2) is 60.0 Å². The summed E-state index contributed by atoms with van der Waals surface area (Å²) in [5.74, 6) is 0.971. The molecule has 7 heteroatoms. The Morgan fingerprint density at radius 2 is 1.75 bits per heavy atom. The maximum absolute atomic E-state index is 13.0. The van der Waals surface area contributed by atoms with Gasteiger partial charge in [-0.1, -0.05) is 17.7 Å². The smallest absolute Gasteiger partial charge is 0.264 e. The van der Waals surface area contributed by atoms with E-state index in [1.54, 1.807) is 30.3 Å². The van der Waals surface area contributed by atoms with Crippen molar-refractivity contribution in [1.29, 1.82) is 0 Å². The van der Waals surface area contributed by atoms with Crippen molar-refractivity contribution in [2.45, 2.75) is 4.90 Å². The summed E-state index contributed by atoms with van der Waals surface area (Å²) in [5, 5.41) is 0.536. The van der Waals surface area contributed by atoms with Crippen molar-refractivity contribution in [2.24, 2.45) is 0 Å². The van der Waals surface area contributed by atoms with Crippen molar-refractivity contribution in [1.82, 2.24) is 0 Å². The first-order chi connectivity index (χ1) is 11.5. The molecular weight excluding hydrogens is 350 g/mol. The molecule has 0 aromatic heterocycles. The summed E-state index contributed by atoms with van der Waals surface area (Å²) >= 11 is 5.89. The third-order valence-electron chi connectivity index (χ3n) is 3.51. The standard InChI is InChI=1S/C17H16ClNO4S/c1-2-9-19(14-5-3-13(18)4-6-14)24(20,21)15-7-8-16-17(12-15)23-11-10-22-16/h2-8,12H,1,9-11H2. The van der Waals surface area contributed by atoms with E-state index in [0.717, 1.165) is 0 Å². The van der Waals surface area contributed by atoms with Crippen LogP contribution in [0, 0.1) is 0 Å². The van der Waals surface area contributed by atoms with Crippen molar-refractivity contribution in [3.05, 3.63) is 60.1 Å². The second kappa shape index (κ2) is 6.75. The van der Waals surface area contributed by atoms with E-state index < -0.39 is 10.0 Å². The number of benzene rings is 2. The van der Waals surface area contributed by atoms with Gasteiger partial charge in [-0.3, -0.25) is 4.31 Å². The second-order valence-corrected chi connectivity index (χ2v) is 7.41. The van der Waals surface area contributed by atoms with Gasteiger partial charge in [-0.25, -0.2) is 8.42 Å². The monoisotopic (exact) mass is 365 g/mol. The highest BCUT2D eigenvalue weighted by Crippen LogP contribution is 2.34. The molecule has 0 bridgehead atoms. The van der Waals surface area contributed by atoms with Gasteiger partial charge in [0, 0.05) is 11.1 Å². The molecule has 0 unspecified atom stereocenters. The summed E-state index contributed by atoms with van der Waals surface area (Å²) in [6.45, 7) is 4.63. The summed E-state index contributed by atoms with van der Waals surface area (Å²) in [6, 6.07) is 11.2. The van der Waals surface area contributed by atoms with Crippen LogP contribution in [0.3, 0.4) is 0 Å². The number of hydrogen-bond acceptors (Lipinski definition) is 4. The number of nitrogens with zero attached hydrogens (tertiary/aromatic N) is 1. The topological polar surface area (TPSA) is 55.8 Å². The lowest BCUT2D eigenvalue weighted by molar-refractivity contribution is 0.171. The average Bonchev–Trinajstić information content (AvgIpc) is 2.60. The third-order valence-corrected chi connectivity index (χ3v) is 5.55. The van der Waals surface area contributed by atoms with E-state index >= 15 is 0 Å². The molecule has 1 heterocycles. The van der Waals surface area contributed by atoms with E-state index in [-0.39, 0.29) is 11.4 Å². The molecule has 2 aromatic rings. The predicted octanol–water partition coefficient (Wildman–Crippen LogP) is 3.49. The maximum atomic E-state index is 13.0. The Balaban J connectivity index is 2.02. The van der Waals surface area contributed by atoms with Crippen LogP contribution in [0.1, 0.15) is 0 Å². The van der Waals surface area contributed by atoms with Crippen LogP contribution in [0.5, 0.6) is 11.5 Å². The van der Waals surface area contributed by atoms with Gasteiger partial charge < -0.3 is 9.47 Å². The van der Waals surface area contributed by atoms with Crippen molar-refractivity contribution in [3.63, 3.8) is 0 Å². The molecule has 0 aliphatic carbocycles. The van der Waals surface area contributed by atoms with Gasteiger partial charge in [0.05, 0.1) is 17.1 Å². The number of fused-ring (bicyclic) bond motifs is 1. The number of halogens is 1. The van der Waals surface area contributed by atoms with Crippen LogP contribution in [-0.4, -0.2) is 28.2 Å². The highest BCUT2D eigenvalue weighted by Gasteiger charge is 2.26. The molecule has 0 fully saturated rings. The molecule has 0 amide bonds. The normalized spacial score (nSPS) is 13.4. The lowest BCUT2D eigenvalue weighted by Crippen LogP contribution is -2.31. The summed E-state index contributed by atoms with van der Waals surface area (Å²) in [5.41, 5.74) is 0.509. The lowest BCUT2D eigenvalue weighted by atomic mass is 10.3. The Bertz CT molecular complexity index is 849. The molecule has 126 valence electrons. The minimum absolute atomic E-state index is 0.128. The number of ether oxygens (including phenoxy) is 2. The largest absolute Gasteiger partial charge is 0.486 e. The van der Waals surface area contributed by atoms with Gasteiger partial charge >= 0.3 is 0 Å². The molecule has 0 radical (unpaired) electrons. The molecule has 0 saturated heterocycles. The molecule has 2 aromatic carbocycles. The fraction of sp³-hybridized carbons (Fsp3) is 0.176. The van der Waals surface area contributed by atoms with Crippen LogP contribution in [0.2, 0.25) is 5.02 Å². The van der Waals surface area contributed by atoms with E-state index in [1.807, 2.05) is 0 Å². The summed E-state index contributed by atoms with van der Waals surface area (Å²) in [4.78, 5) is 0.128. The Morgan fingerprint density at radius 3 is 2.42 bits per heavy atom. The first kappa shape index (κ1) is 16.7. The molecule has 0 atom stereocenters. The molecule has 0 N–H and O–H groups in total. The molecule has 1 aliphatic heterocycles. The first-order valence-corrected chi connectivity index (χ1v) is 9.13. The highest BCUT2D eigenvalue weighted by atomic mass is 35.5. The van der Waals surface area contributed by atoms with Crippen LogP contribution >= 0.6 is 11.6 Å². The van der Waals surface area contributed by atoms with E-state index in [9.17, 15) is 8.42 Å². The Labute approximate surface area is 146 Å². The van der Waals surface area contributed by atoms with Crippen molar-refractivity contribution >= 4 is 27.3 Å². The van der Waals surface area contributed by atoms with E-state index in [1.165, 1.54) is 22.5 Å². The van der Waals surface area contributed by atoms with Gasteiger partial charge in [-0.15, -0.1) is 6.58 Å². The lowest BCUT2D eigenvalue weighted by Gasteiger charge is -2.24. The van der Waals surface area contributed by atoms with Gasteiger partial charge in [0.25, 0.3) is 10.0 Å². The maximum Gasteiger partial charge on any atom is 0.264 e. The van der Waals surface area contributed by atoms with E-state index in [4.69, 9.17) is 21.1 Å². The molecule has 1 aliphatic rings. The van der Waals surface area contributed by atoms with Crippen LogP contribution in [-0.2, 0) is 10.0 Å². The van der Waals surface area contributed by atoms with E-state index in [2.05, 4.69) is 6.58 Å². The quantitative estimate of drug-likeness (QED) is 0.761. The van der Waals surface area contributed by atoms with Gasteiger partial charge in [0.1, 0.15) is 13.2 Å². The predicted molar refractivity (Wildman–Crippen MR) is 93.6 cm³/mol. The van der Waals surface area contributed by atoms with Crippen LogP contribution in [0.25, 0.3) is 0 Å². The summed E-state index contributed by atoms with van der Waals surface area (Å²) in [7, 11) is -3.78. The third kappa shape index (κ3) is 3.20. The Hall–Kier alpha value is -2.18. The minimum atomic E-state index is -3.78. The first-order valence-electron chi connectivity index (χ1n) is 7.31. The highest BCUT2D eigenvalue weighted by molar-refractivity contribution is 7.92. The molecule has 0 saturated carbocycles. The van der Waals surface area contributed by atoms with Gasteiger partial charge in [-0.05, 0) is 36.4 Å². The zero-order valence-electron chi connectivity index (χ0n) is 12.8. The number of anilines is 1. The molecular formula is C17H16ClNO4S. The number of rotatable bonds is 5.